The summed E-state index contributed by atoms with van der Waals surface area (Å²) in [6.07, 6.45) is 4.28. The molecule has 2 fully saturated rings. The summed E-state index contributed by atoms with van der Waals surface area (Å²) in [6, 6.07) is 3.45. The lowest BCUT2D eigenvalue weighted by atomic mass is 10.2. The molecule has 1 aromatic rings. The fourth-order valence-electron chi connectivity index (χ4n) is 2.67. The third-order valence-electron chi connectivity index (χ3n) is 4.14. The molecule has 0 amide bonds. The molecule has 0 radical (unpaired) electrons. The first-order chi connectivity index (χ1) is 9.70. The molecule has 0 aromatic carbocycles. The second-order valence-corrected chi connectivity index (χ2v) is 5.86. The van der Waals surface area contributed by atoms with Crippen LogP contribution in [0.25, 0.3) is 0 Å². The molecular weight excluding hydrogens is 254 g/mol. The number of aromatic carboxylic acids is 1. The lowest BCUT2D eigenvalue weighted by Crippen LogP contribution is -2.46. The lowest BCUT2D eigenvalue weighted by molar-refractivity contribution is 0.0696. The minimum Gasteiger partial charge on any atom is -0.478 e. The van der Waals surface area contributed by atoms with Crippen LogP contribution in [0.5, 0.6) is 0 Å². The van der Waals surface area contributed by atoms with Crippen molar-refractivity contribution in [3.63, 3.8) is 0 Å². The fraction of sp³-hybridized carbons (Fsp3) is 0.600. The fourth-order valence-corrected chi connectivity index (χ4v) is 2.67. The molecule has 1 N–H and O–H groups in total. The molecule has 0 bridgehead atoms. The standard InChI is InChI=1S/C15H21N3O2/c19-15(20)13-3-4-14(16-9-13)11-18-7-5-17(6-8-18)10-12-1-2-12/h3-4,9,12H,1-2,5-8,10-11H2,(H,19,20). The Balaban J connectivity index is 1.47. The van der Waals surface area contributed by atoms with E-state index in [9.17, 15) is 4.79 Å². The van der Waals surface area contributed by atoms with Gasteiger partial charge in [-0.15, -0.1) is 0 Å². The summed E-state index contributed by atoms with van der Waals surface area (Å²) in [5.41, 5.74) is 1.20. The van der Waals surface area contributed by atoms with Crippen molar-refractivity contribution in [3.8, 4) is 0 Å². The predicted octanol–water partition coefficient (Wildman–Crippen LogP) is 1.31. The van der Waals surface area contributed by atoms with Crippen LogP contribution in [-0.4, -0.2) is 58.6 Å². The van der Waals surface area contributed by atoms with E-state index in [1.807, 2.05) is 6.07 Å². The molecule has 2 heterocycles. The predicted molar refractivity (Wildman–Crippen MR) is 75.6 cm³/mol. The van der Waals surface area contributed by atoms with E-state index in [0.29, 0.717) is 0 Å². The molecule has 3 rings (SSSR count). The zero-order chi connectivity index (χ0) is 13.9. The van der Waals surface area contributed by atoms with Gasteiger partial charge in [-0.2, -0.15) is 0 Å². The number of carbonyl (C=O) groups is 1. The number of carboxylic acids is 1. The summed E-state index contributed by atoms with van der Waals surface area (Å²) in [6.45, 7) is 6.54. The van der Waals surface area contributed by atoms with Crippen LogP contribution in [0.1, 0.15) is 28.9 Å². The summed E-state index contributed by atoms with van der Waals surface area (Å²) in [4.78, 5) is 20.0. The Kier molecular flexibility index (Phi) is 3.98. The highest BCUT2D eigenvalue weighted by molar-refractivity contribution is 5.87. The molecule has 1 saturated heterocycles. The van der Waals surface area contributed by atoms with E-state index < -0.39 is 5.97 Å². The van der Waals surface area contributed by atoms with Crippen LogP contribution in [0.15, 0.2) is 18.3 Å². The monoisotopic (exact) mass is 275 g/mol. The Morgan fingerprint density at radius 1 is 1.20 bits per heavy atom. The van der Waals surface area contributed by atoms with Gasteiger partial charge in [0.15, 0.2) is 0 Å². The van der Waals surface area contributed by atoms with E-state index in [1.54, 1.807) is 6.07 Å². The Morgan fingerprint density at radius 3 is 2.45 bits per heavy atom. The molecule has 108 valence electrons. The van der Waals surface area contributed by atoms with Gasteiger partial charge in [0.05, 0.1) is 11.3 Å². The Hall–Kier alpha value is -1.46. The number of hydrogen-bond donors (Lipinski definition) is 1. The molecule has 5 nitrogen and oxygen atoms in total. The van der Waals surface area contributed by atoms with Crippen molar-refractivity contribution in [1.29, 1.82) is 0 Å². The highest BCUT2D eigenvalue weighted by Crippen LogP contribution is 2.29. The number of pyridine rings is 1. The van der Waals surface area contributed by atoms with Gasteiger partial charge in [0.1, 0.15) is 0 Å². The summed E-state index contributed by atoms with van der Waals surface area (Å²) >= 11 is 0. The van der Waals surface area contributed by atoms with Crippen LogP contribution in [0.3, 0.4) is 0 Å². The van der Waals surface area contributed by atoms with E-state index in [0.717, 1.165) is 44.3 Å². The average Bonchev–Trinajstić information content (AvgIpc) is 3.26. The third-order valence-corrected chi connectivity index (χ3v) is 4.14. The minimum atomic E-state index is -0.919. The number of hydrogen-bond acceptors (Lipinski definition) is 4. The van der Waals surface area contributed by atoms with Crippen LogP contribution in [0, 0.1) is 5.92 Å². The average molecular weight is 275 g/mol. The van der Waals surface area contributed by atoms with E-state index in [4.69, 9.17) is 5.11 Å². The molecular formula is C15H21N3O2. The largest absolute Gasteiger partial charge is 0.478 e. The van der Waals surface area contributed by atoms with Gasteiger partial charge in [0, 0.05) is 45.5 Å². The van der Waals surface area contributed by atoms with Crippen molar-refractivity contribution in [1.82, 2.24) is 14.8 Å². The van der Waals surface area contributed by atoms with E-state index >= 15 is 0 Å². The minimum absolute atomic E-state index is 0.253. The van der Waals surface area contributed by atoms with Crippen LogP contribution in [0.4, 0.5) is 0 Å². The summed E-state index contributed by atoms with van der Waals surface area (Å²) in [5.74, 6) is 0.0459. The molecule has 2 aliphatic rings. The smallest absolute Gasteiger partial charge is 0.337 e. The van der Waals surface area contributed by atoms with E-state index in [-0.39, 0.29) is 5.56 Å². The molecule has 0 atom stereocenters. The van der Waals surface area contributed by atoms with Crippen molar-refractivity contribution in [2.45, 2.75) is 19.4 Å². The first-order valence-corrected chi connectivity index (χ1v) is 7.33. The van der Waals surface area contributed by atoms with Crippen LogP contribution in [-0.2, 0) is 6.54 Å². The molecule has 0 unspecified atom stereocenters. The van der Waals surface area contributed by atoms with Crippen LogP contribution in [0.2, 0.25) is 0 Å². The second kappa shape index (κ2) is 5.89. The zero-order valence-electron chi connectivity index (χ0n) is 11.7. The summed E-state index contributed by atoms with van der Waals surface area (Å²) < 4.78 is 0. The molecule has 1 aliphatic heterocycles. The van der Waals surface area contributed by atoms with Crippen molar-refractivity contribution in [2.24, 2.45) is 5.92 Å². The number of nitrogens with zero attached hydrogens (tertiary/aromatic N) is 3. The molecule has 20 heavy (non-hydrogen) atoms. The van der Waals surface area contributed by atoms with Gasteiger partial charge in [-0.3, -0.25) is 9.88 Å². The van der Waals surface area contributed by atoms with Gasteiger partial charge in [0.2, 0.25) is 0 Å². The number of carboxylic acid groups (broad SMARTS) is 1. The molecule has 0 spiro atoms. The van der Waals surface area contributed by atoms with Crippen molar-refractivity contribution in [2.75, 3.05) is 32.7 Å². The zero-order valence-corrected chi connectivity index (χ0v) is 11.7. The highest BCUT2D eigenvalue weighted by Gasteiger charge is 2.26. The molecule has 1 saturated carbocycles. The normalized spacial score (nSPS) is 21.0. The third kappa shape index (κ3) is 3.55. The van der Waals surface area contributed by atoms with Gasteiger partial charge >= 0.3 is 5.97 Å². The van der Waals surface area contributed by atoms with Crippen molar-refractivity contribution in [3.05, 3.63) is 29.6 Å². The second-order valence-electron chi connectivity index (χ2n) is 5.86. The molecule has 1 aromatic heterocycles. The quantitative estimate of drug-likeness (QED) is 0.878. The van der Waals surface area contributed by atoms with Gasteiger partial charge < -0.3 is 10.0 Å². The number of rotatable bonds is 5. The topological polar surface area (TPSA) is 56.7 Å². The first-order valence-electron chi connectivity index (χ1n) is 7.33. The summed E-state index contributed by atoms with van der Waals surface area (Å²) in [5, 5.41) is 8.85. The van der Waals surface area contributed by atoms with Gasteiger partial charge in [-0.05, 0) is 30.9 Å². The van der Waals surface area contributed by atoms with Crippen molar-refractivity contribution >= 4 is 5.97 Å². The van der Waals surface area contributed by atoms with Gasteiger partial charge in [0.25, 0.3) is 0 Å². The molecule has 5 heteroatoms. The Bertz CT molecular complexity index is 463. The Labute approximate surface area is 119 Å². The maximum atomic E-state index is 10.8. The van der Waals surface area contributed by atoms with Crippen molar-refractivity contribution < 1.29 is 9.90 Å². The number of aromatic nitrogens is 1. The summed E-state index contributed by atoms with van der Waals surface area (Å²) in [7, 11) is 0. The SMILES string of the molecule is O=C(O)c1ccc(CN2CCN(CC3CC3)CC2)nc1. The lowest BCUT2D eigenvalue weighted by Gasteiger charge is -2.34. The number of piperazine rings is 1. The van der Waals surface area contributed by atoms with Crippen LogP contribution >= 0.6 is 0 Å². The maximum Gasteiger partial charge on any atom is 0.337 e. The van der Waals surface area contributed by atoms with Crippen LogP contribution < -0.4 is 0 Å². The highest BCUT2D eigenvalue weighted by atomic mass is 16.4. The van der Waals surface area contributed by atoms with Gasteiger partial charge in [-0.25, -0.2) is 4.79 Å². The Morgan fingerprint density at radius 2 is 1.90 bits per heavy atom. The van der Waals surface area contributed by atoms with E-state index in [1.165, 1.54) is 25.6 Å². The van der Waals surface area contributed by atoms with Gasteiger partial charge in [-0.1, -0.05) is 0 Å². The first kappa shape index (κ1) is 13.5. The molecule has 1 aliphatic carbocycles. The van der Waals surface area contributed by atoms with E-state index in [2.05, 4.69) is 14.8 Å². The maximum absolute atomic E-state index is 10.8.